The van der Waals surface area contributed by atoms with Crippen molar-refractivity contribution in [3.05, 3.63) is 47.7 Å². The molecular formula is C17H17NO5. The van der Waals surface area contributed by atoms with E-state index in [0.29, 0.717) is 12.1 Å². The van der Waals surface area contributed by atoms with Crippen molar-refractivity contribution in [2.75, 3.05) is 13.7 Å². The SMILES string of the molecule is COC(=O)[C@H]1CCC(=O)N2C1=CC(=O)OC[C@H]2c1ccccc1. The molecule has 1 saturated heterocycles. The Morgan fingerprint density at radius 2 is 2.00 bits per heavy atom. The Morgan fingerprint density at radius 1 is 1.26 bits per heavy atom. The van der Waals surface area contributed by atoms with Crippen molar-refractivity contribution in [1.82, 2.24) is 4.90 Å². The van der Waals surface area contributed by atoms with Gasteiger partial charge in [0, 0.05) is 18.2 Å². The number of fused-ring (bicyclic) bond motifs is 1. The molecule has 1 aromatic carbocycles. The maximum Gasteiger partial charge on any atom is 0.332 e. The molecule has 1 aromatic rings. The van der Waals surface area contributed by atoms with E-state index in [1.807, 2.05) is 30.3 Å². The highest BCUT2D eigenvalue weighted by Crippen LogP contribution is 2.37. The molecule has 2 aliphatic heterocycles. The van der Waals surface area contributed by atoms with Crippen LogP contribution in [-0.4, -0.2) is 36.5 Å². The summed E-state index contributed by atoms with van der Waals surface area (Å²) < 4.78 is 10.0. The molecule has 1 fully saturated rings. The van der Waals surface area contributed by atoms with Crippen LogP contribution in [0, 0.1) is 5.92 Å². The van der Waals surface area contributed by atoms with E-state index in [1.54, 1.807) is 0 Å². The second kappa shape index (κ2) is 6.24. The van der Waals surface area contributed by atoms with Crippen LogP contribution in [0.3, 0.4) is 0 Å². The molecule has 0 spiro atoms. The van der Waals surface area contributed by atoms with Crippen LogP contribution in [0.25, 0.3) is 0 Å². The topological polar surface area (TPSA) is 72.9 Å². The fourth-order valence-electron chi connectivity index (χ4n) is 3.07. The molecule has 0 unspecified atom stereocenters. The molecule has 2 atom stereocenters. The molecule has 23 heavy (non-hydrogen) atoms. The fourth-order valence-corrected chi connectivity index (χ4v) is 3.07. The Labute approximate surface area is 133 Å². The zero-order valence-electron chi connectivity index (χ0n) is 12.7. The summed E-state index contributed by atoms with van der Waals surface area (Å²) in [5.74, 6) is -1.75. The first-order valence-electron chi connectivity index (χ1n) is 7.45. The highest BCUT2D eigenvalue weighted by molar-refractivity contribution is 5.91. The van der Waals surface area contributed by atoms with Crippen LogP contribution in [0.5, 0.6) is 0 Å². The zero-order valence-corrected chi connectivity index (χ0v) is 12.7. The first-order valence-corrected chi connectivity index (χ1v) is 7.45. The lowest BCUT2D eigenvalue weighted by atomic mass is 9.90. The monoisotopic (exact) mass is 315 g/mol. The molecule has 2 heterocycles. The lowest BCUT2D eigenvalue weighted by Gasteiger charge is -2.37. The van der Waals surface area contributed by atoms with Crippen molar-refractivity contribution in [1.29, 1.82) is 0 Å². The van der Waals surface area contributed by atoms with Gasteiger partial charge in [0.2, 0.25) is 5.91 Å². The van der Waals surface area contributed by atoms with E-state index < -0.39 is 23.9 Å². The van der Waals surface area contributed by atoms with E-state index in [-0.39, 0.29) is 18.9 Å². The van der Waals surface area contributed by atoms with Crippen LogP contribution >= 0.6 is 0 Å². The van der Waals surface area contributed by atoms with Crippen molar-refractivity contribution in [3.8, 4) is 0 Å². The standard InChI is InChI=1S/C17H17NO5/c1-22-17(21)12-7-8-15(19)18-13(12)9-16(20)23-10-14(18)11-5-3-2-4-6-11/h2-6,9,12,14H,7-8,10H2,1H3/t12-,14-/m0/s1. The van der Waals surface area contributed by atoms with Gasteiger partial charge < -0.3 is 14.4 Å². The zero-order chi connectivity index (χ0) is 16.4. The second-order valence-corrected chi connectivity index (χ2v) is 5.50. The van der Waals surface area contributed by atoms with Gasteiger partial charge in [-0.2, -0.15) is 0 Å². The van der Waals surface area contributed by atoms with Crippen LogP contribution in [0.2, 0.25) is 0 Å². The summed E-state index contributed by atoms with van der Waals surface area (Å²) in [6.07, 6.45) is 1.80. The van der Waals surface area contributed by atoms with Gasteiger partial charge in [0.1, 0.15) is 6.61 Å². The summed E-state index contributed by atoms with van der Waals surface area (Å²) in [7, 11) is 1.30. The summed E-state index contributed by atoms with van der Waals surface area (Å²) in [5.41, 5.74) is 1.22. The predicted molar refractivity (Wildman–Crippen MR) is 79.8 cm³/mol. The molecule has 120 valence electrons. The number of hydrogen-bond acceptors (Lipinski definition) is 5. The predicted octanol–water partition coefficient (Wildman–Crippen LogP) is 1.58. The van der Waals surface area contributed by atoms with E-state index in [9.17, 15) is 14.4 Å². The third-order valence-corrected chi connectivity index (χ3v) is 4.18. The minimum Gasteiger partial charge on any atom is -0.469 e. The number of esters is 2. The Kier molecular flexibility index (Phi) is 4.14. The molecule has 6 heteroatoms. The average Bonchev–Trinajstić information content (AvgIpc) is 2.75. The summed E-state index contributed by atoms with van der Waals surface area (Å²) in [5, 5.41) is 0. The van der Waals surface area contributed by atoms with E-state index >= 15 is 0 Å². The highest BCUT2D eigenvalue weighted by Gasteiger charge is 2.42. The Balaban J connectivity index is 2.05. The Morgan fingerprint density at radius 3 is 2.70 bits per heavy atom. The normalized spacial score (nSPS) is 24.2. The number of nitrogens with zero attached hydrogens (tertiary/aromatic N) is 1. The molecule has 6 nitrogen and oxygen atoms in total. The molecule has 0 N–H and O–H groups in total. The number of benzene rings is 1. The fraction of sp³-hybridized carbons (Fsp3) is 0.353. The van der Waals surface area contributed by atoms with Crippen molar-refractivity contribution < 1.29 is 23.9 Å². The summed E-state index contributed by atoms with van der Waals surface area (Å²) in [6.45, 7) is 0.0580. The number of piperidine rings is 1. The minimum absolute atomic E-state index is 0.0580. The third-order valence-electron chi connectivity index (χ3n) is 4.18. The average molecular weight is 315 g/mol. The van der Waals surface area contributed by atoms with Crippen molar-refractivity contribution >= 4 is 17.8 Å². The molecule has 0 aliphatic carbocycles. The van der Waals surface area contributed by atoms with Crippen LogP contribution in [0.4, 0.5) is 0 Å². The Hall–Kier alpha value is -2.63. The largest absolute Gasteiger partial charge is 0.469 e. The molecule has 1 amide bonds. The van der Waals surface area contributed by atoms with Gasteiger partial charge in [-0.05, 0) is 12.0 Å². The van der Waals surface area contributed by atoms with Crippen LogP contribution in [0.1, 0.15) is 24.4 Å². The van der Waals surface area contributed by atoms with Gasteiger partial charge in [0.05, 0.1) is 19.1 Å². The van der Waals surface area contributed by atoms with Gasteiger partial charge in [-0.25, -0.2) is 4.79 Å². The first-order chi connectivity index (χ1) is 11.1. The number of carbonyl (C=O) groups excluding carboxylic acids is 3. The van der Waals surface area contributed by atoms with Gasteiger partial charge in [0.25, 0.3) is 0 Å². The first kappa shape index (κ1) is 15.3. The maximum atomic E-state index is 12.5. The van der Waals surface area contributed by atoms with Crippen LogP contribution in [0.15, 0.2) is 42.1 Å². The number of cyclic esters (lactones) is 1. The van der Waals surface area contributed by atoms with E-state index in [1.165, 1.54) is 18.1 Å². The van der Waals surface area contributed by atoms with Crippen molar-refractivity contribution in [2.24, 2.45) is 5.92 Å². The van der Waals surface area contributed by atoms with Gasteiger partial charge in [0.15, 0.2) is 0 Å². The van der Waals surface area contributed by atoms with Gasteiger partial charge in [-0.3, -0.25) is 9.59 Å². The molecule has 0 saturated carbocycles. The van der Waals surface area contributed by atoms with Crippen molar-refractivity contribution in [2.45, 2.75) is 18.9 Å². The van der Waals surface area contributed by atoms with Crippen LogP contribution in [-0.2, 0) is 23.9 Å². The molecule has 0 bridgehead atoms. The second-order valence-electron chi connectivity index (χ2n) is 5.50. The van der Waals surface area contributed by atoms with Gasteiger partial charge in [-0.1, -0.05) is 30.3 Å². The number of ether oxygens (including phenoxy) is 2. The molecule has 3 rings (SSSR count). The quantitative estimate of drug-likeness (QED) is 0.775. The van der Waals surface area contributed by atoms with E-state index in [0.717, 1.165) is 5.56 Å². The smallest absolute Gasteiger partial charge is 0.332 e. The minimum atomic E-state index is -0.630. The number of rotatable bonds is 2. The molecular weight excluding hydrogens is 298 g/mol. The Bertz CT molecular complexity index is 667. The van der Waals surface area contributed by atoms with Gasteiger partial charge in [-0.15, -0.1) is 0 Å². The maximum absolute atomic E-state index is 12.5. The van der Waals surface area contributed by atoms with Crippen LogP contribution < -0.4 is 0 Å². The van der Waals surface area contributed by atoms with E-state index in [4.69, 9.17) is 9.47 Å². The number of amides is 1. The highest BCUT2D eigenvalue weighted by atomic mass is 16.5. The summed E-state index contributed by atoms with van der Waals surface area (Å²) in [6, 6.07) is 8.90. The number of hydrogen-bond donors (Lipinski definition) is 0. The lowest BCUT2D eigenvalue weighted by molar-refractivity contribution is -0.149. The lowest BCUT2D eigenvalue weighted by Crippen LogP contribution is -2.43. The molecule has 0 radical (unpaired) electrons. The van der Waals surface area contributed by atoms with Crippen molar-refractivity contribution in [3.63, 3.8) is 0 Å². The summed E-state index contributed by atoms with van der Waals surface area (Å²) >= 11 is 0. The van der Waals surface area contributed by atoms with Gasteiger partial charge >= 0.3 is 11.9 Å². The molecule has 2 aliphatic rings. The number of carbonyl (C=O) groups is 3. The van der Waals surface area contributed by atoms with E-state index in [2.05, 4.69) is 0 Å². The molecule has 0 aromatic heterocycles. The third kappa shape index (κ3) is 2.84. The summed E-state index contributed by atoms with van der Waals surface area (Å²) in [4.78, 5) is 37.9. The number of methoxy groups -OCH3 is 1.